The number of benzene rings is 3. The maximum absolute atomic E-state index is 13.2. The number of carbonyl (C=O) groups excluding carboxylic acids is 3. The molecule has 6 nitrogen and oxygen atoms in total. The number of para-hydroxylation sites is 1. The van der Waals surface area contributed by atoms with E-state index in [1.165, 1.54) is 6.07 Å². The van der Waals surface area contributed by atoms with Gasteiger partial charge in [-0.2, -0.15) is 0 Å². The fourth-order valence-electron chi connectivity index (χ4n) is 3.84. The topological polar surface area (TPSA) is 77.9 Å². The van der Waals surface area contributed by atoms with Crippen molar-refractivity contribution in [2.75, 3.05) is 26.2 Å². The van der Waals surface area contributed by atoms with Crippen LogP contribution in [0.2, 0.25) is 0 Å². The number of amides is 2. The Kier molecular flexibility index (Phi) is 6.03. The zero-order chi connectivity index (χ0) is 22.7. The first-order valence-corrected chi connectivity index (χ1v) is 10.5. The number of phenols is 1. The molecule has 0 aliphatic carbocycles. The molecule has 4 rings (SSSR count). The third-order valence-electron chi connectivity index (χ3n) is 5.70. The van der Waals surface area contributed by atoms with Gasteiger partial charge in [-0.25, -0.2) is 0 Å². The summed E-state index contributed by atoms with van der Waals surface area (Å²) in [6.07, 6.45) is 0. The van der Waals surface area contributed by atoms with Crippen LogP contribution in [0.3, 0.4) is 0 Å². The zero-order valence-electron chi connectivity index (χ0n) is 17.8. The average Bonchev–Trinajstić information content (AvgIpc) is 2.83. The van der Waals surface area contributed by atoms with Crippen molar-refractivity contribution in [3.05, 3.63) is 101 Å². The molecule has 0 atom stereocenters. The smallest absolute Gasteiger partial charge is 0.257 e. The van der Waals surface area contributed by atoms with E-state index in [0.29, 0.717) is 42.9 Å². The number of piperazine rings is 1. The van der Waals surface area contributed by atoms with Gasteiger partial charge in [-0.15, -0.1) is 0 Å². The lowest BCUT2D eigenvalue weighted by Gasteiger charge is -2.35. The van der Waals surface area contributed by atoms with Gasteiger partial charge in [0.15, 0.2) is 5.78 Å². The summed E-state index contributed by atoms with van der Waals surface area (Å²) in [4.78, 5) is 42.3. The lowest BCUT2D eigenvalue weighted by atomic mass is 9.97. The van der Waals surface area contributed by atoms with Crippen LogP contribution in [0, 0.1) is 6.92 Å². The van der Waals surface area contributed by atoms with E-state index < -0.39 is 0 Å². The predicted octanol–water partition coefficient (Wildman–Crippen LogP) is 3.53. The Morgan fingerprint density at radius 2 is 1.12 bits per heavy atom. The number of hydrogen-bond acceptors (Lipinski definition) is 4. The minimum atomic E-state index is -0.259. The molecule has 2 amide bonds. The van der Waals surface area contributed by atoms with Gasteiger partial charge in [-0.1, -0.05) is 60.2 Å². The van der Waals surface area contributed by atoms with Gasteiger partial charge in [0.1, 0.15) is 5.75 Å². The number of carbonyl (C=O) groups is 3. The summed E-state index contributed by atoms with van der Waals surface area (Å²) < 4.78 is 0. The first-order valence-electron chi connectivity index (χ1n) is 10.5. The third kappa shape index (κ3) is 4.25. The number of aromatic hydroxyl groups is 1. The van der Waals surface area contributed by atoms with Crippen LogP contribution in [-0.4, -0.2) is 58.7 Å². The van der Waals surface area contributed by atoms with Crippen LogP contribution in [0.4, 0.5) is 0 Å². The van der Waals surface area contributed by atoms with Crippen molar-refractivity contribution in [2.45, 2.75) is 6.92 Å². The van der Waals surface area contributed by atoms with Gasteiger partial charge in [0.25, 0.3) is 11.8 Å². The van der Waals surface area contributed by atoms with Crippen LogP contribution in [0.15, 0.2) is 72.8 Å². The van der Waals surface area contributed by atoms with E-state index in [9.17, 15) is 19.5 Å². The molecule has 0 unspecified atom stereocenters. The molecule has 0 saturated carbocycles. The Labute approximate surface area is 186 Å². The fourth-order valence-corrected chi connectivity index (χ4v) is 3.84. The van der Waals surface area contributed by atoms with E-state index >= 15 is 0 Å². The van der Waals surface area contributed by atoms with Crippen molar-refractivity contribution in [1.29, 1.82) is 0 Å². The van der Waals surface area contributed by atoms with Crippen LogP contribution in [-0.2, 0) is 0 Å². The Hall–Kier alpha value is -3.93. The molecule has 32 heavy (non-hydrogen) atoms. The maximum Gasteiger partial charge on any atom is 0.257 e. The molecule has 3 aromatic rings. The summed E-state index contributed by atoms with van der Waals surface area (Å²) >= 11 is 0. The summed E-state index contributed by atoms with van der Waals surface area (Å²) in [6, 6.07) is 20.6. The van der Waals surface area contributed by atoms with Crippen molar-refractivity contribution in [2.24, 2.45) is 0 Å². The summed E-state index contributed by atoms with van der Waals surface area (Å²) in [5, 5.41) is 9.95. The number of phenolic OH excluding ortho intramolecular Hbond substituents is 1. The van der Waals surface area contributed by atoms with Gasteiger partial charge in [0.05, 0.1) is 11.1 Å². The highest BCUT2D eigenvalue weighted by Gasteiger charge is 2.28. The van der Waals surface area contributed by atoms with Crippen molar-refractivity contribution >= 4 is 17.6 Å². The second kappa shape index (κ2) is 9.06. The Morgan fingerprint density at radius 1 is 0.656 bits per heavy atom. The molecule has 0 bridgehead atoms. The van der Waals surface area contributed by atoms with E-state index in [2.05, 4.69) is 0 Å². The zero-order valence-corrected chi connectivity index (χ0v) is 17.8. The Bertz CT molecular complexity index is 1160. The summed E-state index contributed by atoms with van der Waals surface area (Å²) in [5.41, 5.74) is 2.57. The number of aryl methyl sites for hydroxylation is 1. The van der Waals surface area contributed by atoms with Gasteiger partial charge < -0.3 is 14.9 Å². The second-order valence-corrected chi connectivity index (χ2v) is 7.84. The summed E-state index contributed by atoms with van der Waals surface area (Å²) in [6.45, 7) is 3.37. The second-order valence-electron chi connectivity index (χ2n) is 7.84. The number of ketones is 1. The molecule has 1 aliphatic heterocycles. The molecule has 3 aromatic carbocycles. The molecule has 1 fully saturated rings. The quantitative estimate of drug-likeness (QED) is 0.645. The van der Waals surface area contributed by atoms with Gasteiger partial charge in [-0.05, 0) is 25.1 Å². The highest BCUT2D eigenvalue weighted by Crippen LogP contribution is 2.21. The largest absolute Gasteiger partial charge is 0.507 e. The standard InChI is InChI=1S/C26H24N2O4/c1-18-10-12-19(13-11-18)24(30)20-6-2-3-7-21(20)25(31)27-14-16-28(17-15-27)26(32)22-8-4-5-9-23(22)29/h2-13,29H,14-17H2,1H3. The lowest BCUT2D eigenvalue weighted by Crippen LogP contribution is -2.50. The number of rotatable bonds is 4. The van der Waals surface area contributed by atoms with Crippen molar-refractivity contribution in [3.8, 4) is 5.75 Å². The third-order valence-corrected chi connectivity index (χ3v) is 5.70. The van der Waals surface area contributed by atoms with E-state index in [1.807, 2.05) is 19.1 Å². The molecule has 0 spiro atoms. The highest BCUT2D eigenvalue weighted by atomic mass is 16.3. The SMILES string of the molecule is Cc1ccc(C(=O)c2ccccc2C(=O)N2CCN(C(=O)c3ccccc3O)CC2)cc1. The van der Waals surface area contributed by atoms with Gasteiger partial charge in [0, 0.05) is 37.3 Å². The molecule has 1 heterocycles. The van der Waals surface area contributed by atoms with Gasteiger partial charge in [-0.3, -0.25) is 14.4 Å². The first-order chi connectivity index (χ1) is 15.5. The normalized spacial score (nSPS) is 13.7. The average molecular weight is 428 g/mol. The first kappa shape index (κ1) is 21.3. The number of hydrogen-bond donors (Lipinski definition) is 1. The monoisotopic (exact) mass is 428 g/mol. The van der Waals surface area contributed by atoms with Crippen LogP contribution in [0.25, 0.3) is 0 Å². The summed E-state index contributed by atoms with van der Waals surface area (Å²) in [5.74, 6) is -0.734. The van der Waals surface area contributed by atoms with Crippen molar-refractivity contribution < 1.29 is 19.5 Å². The molecule has 6 heteroatoms. The van der Waals surface area contributed by atoms with Gasteiger partial charge in [0.2, 0.25) is 0 Å². The number of nitrogens with zero attached hydrogens (tertiary/aromatic N) is 2. The minimum Gasteiger partial charge on any atom is -0.507 e. The molecular weight excluding hydrogens is 404 g/mol. The molecule has 1 saturated heterocycles. The minimum absolute atomic E-state index is 0.0560. The maximum atomic E-state index is 13.2. The van der Waals surface area contributed by atoms with Crippen LogP contribution < -0.4 is 0 Å². The Morgan fingerprint density at radius 3 is 1.69 bits per heavy atom. The lowest BCUT2D eigenvalue weighted by molar-refractivity contribution is 0.0533. The van der Waals surface area contributed by atoms with Crippen molar-refractivity contribution in [3.63, 3.8) is 0 Å². The molecule has 0 aromatic heterocycles. The molecule has 1 N–H and O–H groups in total. The fraction of sp³-hybridized carbons (Fsp3) is 0.192. The molecule has 162 valence electrons. The Balaban J connectivity index is 1.48. The van der Waals surface area contributed by atoms with E-state index in [0.717, 1.165) is 5.56 Å². The van der Waals surface area contributed by atoms with Crippen molar-refractivity contribution in [1.82, 2.24) is 9.80 Å². The van der Waals surface area contributed by atoms with Crippen LogP contribution >= 0.6 is 0 Å². The van der Waals surface area contributed by atoms with Crippen LogP contribution in [0.1, 0.15) is 42.2 Å². The van der Waals surface area contributed by atoms with Gasteiger partial charge >= 0.3 is 0 Å². The van der Waals surface area contributed by atoms with E-state index in [4.69, 9.17) is 0 Å². The van der Waals surface area contributed by atoms with E-state index in [1.54, 1.807) is 64.4 Å². The highest BCUT2D eigenvalue weighted by molar-refractivity contribution is 6.15. The molecule has 1 aliphatic rings. The predicted molar refractivity (Wildman–Crippen MR) is 121 cm³/mol. The molecular formula is C26H24N2O4. The molecule has 0 radical (unpaired) electrons. The van der Waals surface area contributed by atoms with E-state index in [-0.39, 0.29) is 28.9 Å². The van der Waals surface area contributed by atoms with Crippen LogP contribution in [0.5, 0.6) is 5.75 Å². The summed E-state index contributed by atoms with van der Waals surface area (Å²) in [7, 11) is 0.